The second kappa shape index (κ2) is 9.89. The predicted molar refractivity (Wildman–Crippen MR) is 112 cm³/mol. The number of benzene rings is 1. The smallest absolute Gasteiger partial charge is 0.310 e. The van der Waals surface area contributed by atoms with E-state index >= 15 is 0 Å². The van der Waals surface area contributed by atoms with Crippen molar-refractivity contribution in [1.82, 2.24) is 14.1 Å². The molecule has 0 aliphatic carbocycles. The number of hydrogen-bond acceptors (Lipinski definition) is 6. The Balaban J connectivity index is 1.56. The van der Waals surface area contributed by atoms with E-state index in [1.54, 1.807) is 42.2 Å². The second-order valence-corrected chi connectivity index (χ2v) is 9.74. The van der Waals surface area contributed by atoms with Gasteiger partial charge in [0.2, 0.25) is 15.9 Å². The molecule has 2 unspecified atom stereocenters. The Labute approximate surface area is 178 Å². The fourth-order valence-corrected chi connectivity index (χ4v) is 5.56. The van der Waals surface area contributed by atoms with Crippen LogP contribution < -0.4 is 0 Å². The average molecular weight is 438 g/mol. The van der Waals surface area contributed by atoms with Gasteiger partial charge in [0.15, 0.2) is 0 Å². The van der Waals surface area contributed by atoms with Crippen LogP contribution in [0.1, 0.15) is 26.7 Å². The number of ether oxygens (including phenoxy) is 1. The molecule has 2 aliphatic rings. The zero-order chi connectivity index (χ0) is 21.7. The van der Waals surface area contributed by atoms with Crippen LogP contribution in [-0.4, -0.2) is 86.3 Å². The van der Waals surface area contributed by atoms with Gasteiger partial charge >= 0.3 is 5.97 Å². The van der Waals surface area contributed by atoms with Gasteiger partial charge in [0.25, 0.3) is 0 Å². The summed E-state index contributed by atoms with van der Waals surface area (Å²) in [4.78, 5) is 29.2. The van der Waals surface area contributed by atoms with E-state index in [1.165, 1.54) is 4.31 Å². The van der Waals surface area contributed by atoms with Crippen molar-refractivity contribution in [2.45, 2.75) is 37.6 Å². The Bertz CT molecular complexity index is 837. The highest BCUT2D eigenvalue weighted by atomic mass is 32.2. The predicted octanol–water partition coefficient (Wildman–Crippen LogP) is 1.18. The van der Waals surface area contributed by atoms with E-state index in [2.05, 4.69) is 0 Å². The van der Waals surface area contributed by atoms with Crippen molar-refractivity contribution in [1.29, 1.82) is 0 Å². The summed E-state index contributed by atoms with van der Waals surface area (Å²) < 4.78 is 32.1. The van der Waals surface area contributed by atoms with Gasteiger partial charge in [-0.15, -0.1) is 0 Å². The van der Waals surface area contributed by atoms with Gasteiger partial charge in [0, 0.05) is 32.7 Å². The molecule has 1 aromatic carbocycles. The van der Waals surface area contributed by atoms with Gasteiger partial charge in [0.1, 0.15) is 0 Å². The molecule has 8 nitrogen and oxygen atoms in total. The molecule has 30 heavy (non-hydrogen) atoms. The number of carbonyl (C=O) groups excluding carboxylic acids is 2. The van der Waals surface area contributed by atoms with Crippen LogP contribution >= 0.6 is 0 Å². The molecule has 1 aromatic rings. The Morgan fingerprint density at radius 1 is 1.10 bits per heavy atom. The highest BCUT2D eigenvalue weighted by molar-refractivity contribution is 7.89. The van der Waals surface area contributed by atoms with Crippen molar-refractivity contribution in [2.75, 3.05) is 45.9 Å². The zero-order valence-corrected chi connectivity index (χ0v) is 18.5. The van der Waals surface area contributed by atoms with E-state index < -0.39 is 10.0 Å². The Kier molecular flexibility index (Phi) is 7.49. The lowest BCUT2D eigenvalue weighted by atomic mass is 9.96. The summed E-state index contributed by atoms with van der Waals surface area (Å²) >= 11 is 0. The van der Waals surface area contributed by atoms with E-state index in [4.69, 9.17) is 4.74 Å². The first-order chi connectivity index (χ1) is 14.3. The summed E-state index contributed by atoms with van der Waals surface area (Å²) in [5, 5.41) is 0. The minimum Gasteiger partial charge on any atom is -0.466 e. The van der Waals surface area contributed by atoms with Gasteiger partial charge < -0.3 is 9.64 Å². The molecule has 3 rings (SSSR count). The molecule has 0 saturated carbocycles. The summed E-state index contributed by atoms with van der Waals surface area (Å²) in [6.45, 7) is 6.60. The molecular formula is C21H31N3O5S. The summed E-state index contributed by atoms with van der Waals surface area (Å²) in [6, 6.07) is 8.02. The third-order valence-corrected chi connectivity index (χ3v) is 7.82. The number of sulfonamides is 1. The van der Waals surface area contributed by atoms with Crippen LogP contribution in [0.5, 0.6) is 0 Å². The van der Waals surface area contributed by atoms with E-state index in [1.807, 2.05) is 11.8 Å². The molecule has 0 bridgehead atoms. The van der Waals surface area contributed by atoms with Gasteiger partial charge in [-0.2, -0.15) is 4.31 Å². The van der Waals surface area contributed by atoms with Crippen molar-refractivity contribution >= 4 is 21.9 Å². The molecule has 2 heterocycles. The number of piperazine rings is 1. The molecule has 166 valence electrons. The minimum atomic E-state index is -3.54. The maximum absolute atomic E-state index is 13.0. The van der Waals surface area contributed by atoms with Gasteiger partial charge in [0.05, 0.1) is 23.5 Å². The van der Waals surface area contributed by atoms with Crippen LogP contribution in [0.4, 0.5) is 0 Å². The lowest BCUT2D eigenvalue weighted by molar-refractivity contribution is -0.152. The number of amides is 1. The van der Waals surface area contributed by atoms with E-state index in [0.717, 1.165) is 19.4 Å². The Morgan fingerprint density at radius 2 is 1.77 bits per heavy atom. The van der Waals surface area contributed by atoms with Crippen molar-refractivity contribution in [3.8, 4) is 0 Å². The highest BCUT2D eigenvalue weighted by Crippen LogP contribution is 2.22. The number of rotatable bonds is 6. The van der Waals surface area contributed by atoms with Crippen molar-refractivity contribution in [3.63, 3.8) is 0 Å². The fraction of sp³-hybridized carbons (Fsp3) is 0.619. The number of likely N-dealkylation sites (tertiary alicyclic amines) is 1. The SMILES string of the molecule is CCOC(=O)C1CCCN(C(C)C(=O)N2CCN(S(=O)(=O)c3ccccc3)CC2)C1. The maximum Gasteiger partial charge on any atom is 0.310 e. The Hall–Kier alpha value is -1.97. The summed E-state index contributed by atoms with van der Waals surface area (Å²) in [5.74, 6) is -0.403. The van der Waals surface area contributed by atoms with Crippen LogP contribution in [0.2, 0.25) is 0 Å². The second-order valence-electron chi connectivity index (χ2n) is 7.80. The topological polar surface area (TPSA) is 87.2 Å². The van der Waals surface area contributed by atoms with Crippen molar-refractivity contribution in [3.05, 3.63) is 30.3 Å². The zero-order valence-electron chi connectivity index (χ0n) is 17.7. The fourth-order valence-electron chi connectivity index (χ4n) is 4.12. The monoisotopic (exact) mass is 437 g/mol. The molecule has 2 atom stereocenters. The minimum absolute atomic E-state index is 0.0173. The normalized spacial score (nSPS) is 22.5. The standard InChI is InChI=1S/C21H31N3O5S/c1-3-29-21(26)18-8-7-11-23(16-18)17(2)20(25)22-12-14-24(15-13-22)30(27,28)19-9-5-4-6-10-19/h4-6,9-10,17-18H,3,7-8,11-16H2,1-2H3. The highest BCUT2D eigenvalue weighted by Gasteiger charge is 2.35. The number of hydrogen-bond donors (Lipinski definition) is 0. The first-order valence-corrected chi connectivity index (χ1v) is 12.0. The molecule has 0 radical (unpaired) electrons. The number of piperidine rings is 1. The van der Waals surface area contributed by atoms with Gasteiger partial charge in [-0.25, -0.2) is 8.42 Å². The molecule has 2 saturated heterocycles. The summed E-state index contributed by atoms with van der Waals surface area (Å²) in [7, 11) is -3.54. The maximum atomic E-state index is 13.0. The number of nitrogens with zero attached hydrogens (tertiary/aromatic N) is 3. The first kappa shape index (κ1) is 22.7. The molecule has 1 amide bonds. The van der Waals surface area contributed by atoms with E-state index in [-0.39, 0.29) is 41.8 Å². The quantitative estimate of drug-likeness (QED) is 0.621. The Morgan fingerprint density at radius 3 is 2.40 bits per heavy atom. The molecule has 2 aliphatic heterocycles. The van der Waals surface area contributed by atoms with Gasteiger partial charge in [-0.05, 0) is 45.4 Å². The molecule has 0 N–H and O–H groups in total. The van der Waals surface area contributed by atoms with Crippen LogP contribution in [0.3, 0.4) is 0 Å². The van der Waals surface area contributed by atoms with Crippen molar-refractivity contribution in [2.24, 2.45) is 5.92 Å². The largest absolute Gasteiger partial charge is 0.466 e. The third-order valence-electron chi connectivity index (χ3n) is 5.91. The van der Waals surface area contributed by atoms with Crippen LogP contribution in [0.25, 0.3) is 0 Å². The van der Waals surface area contributed by atoms with E-state index in [9.17, 15) is 18.0 Å². The molecule has 9 heteroatoms. The number of esters is 1. The van der Waals surface area contributed by atoms with Crippen LogP contribution in [0, 0.1) is 5.92 Å². The molecule has 0 aromatic heterocycles. The van der Waals surface area contributed by atoms with Gasteiger partial charge in [-0.3, -0.25) is 14.5 Å². The number of carbonyl (C=O) groups is 2. The summed E-state index contributed by atoms with van der Waals surface area (Å²) in [5.41, 5.74) is 0. The summed E-state index contributed by atoms with van der Waals surface area (Å²) in [6.07, 6.45) is 1.64. The first-order valence-electron chi connectivity index (χ1n) is 10.6. The molecule has 0 spiro atoms. The van der Waals surface area contributed by atoms with E-state index in [0.29, 0.717) is 26.2 Å². The van der Waals surface area contributed by atoms with Crippen LogP contribution in [-0.2, 0) is 24.3 Å². The van der Waals surface area contributed by atoms with Crippen molar-refractivity contribution < 1.29 is 22.7 Å². The average Bonchev–Trinajstić information content (AvgIpc) is 2.79. The van der Waals surface area contributed by atoms with Crippen LogP contribution in [0.15, 0.2) is 35.2 Å². The lowest BCUT2D eigenvalue weighted by Crippen LogP contribution is -2.56. The van der Waals surface area contributed by atoms with Gasteiger partial charge in [-0.1, -0.05) is 18.2 Å². The third kappa shape index (κ3) is 5.01. The molecular weight excluding hydrogens is 406 g/mol. The molecule has 2 fully saturated rings. The lowest BCUT2D eigenvalue weighted by Gasteiger charge is -2.39.